The van der Waals surface area contributed by atoms with Gasteiger partial charge in [-0.25, -0.2) is 0 Å². The van der Waals surface area contributed by atoms with Crippen molar-refractivity contribution in [2.24, 2.45) is 0 Å². The predicted molar refractivity (Wildman–Crippen MR) is 78.5 cm³/mol. The van der Waals surface area contributed by atoms with Crippen molar-refractivity contribution >= 4 is 0 Å². The first-order valence-electron chi connectivity index (χ1n) is 6.87. The molecule has 0 bridgehead atoms. The zero-order chi connectivity index (χ0) is 13.1. The van der Waals surface area contributed by atoms with Gasteiger partial charge in [-0.05, 0) is 42.6 Å². The Kier molecular flexibility index (Phi) is 3.51. The van der Waals surface area contributed by atoms with E-state index in [0.29, 0.717) is 0 Å². The van der Waals surface area contributed by atoms with Crippen molar-refractivity contribution in [1.82, 2.24) is 5.32 Å². The lowest BCUT2D eigenvalue weighted by atomic mass is 9.96. The highest BCUT2D eigenvalue weighted by molar-refractivity contribution is 5.73. The number of nitrogens with one attached hydrogen (secondary N) is 1. The Balaban J connectivity index is 2.04. The molecule has 2 nitrogen and oxygen atoms in total. The molecular weight excluding hydrogens is 234 g/mol. The van der Waals surface area contributed by atoms with Crippen molar-refractivity contribution in [3.63, 3.8) is 0 Å². The van der Waals surface area contributed by atoms with Gasteiger partial charge in [-0.1, -0.05) is 36.4 Å². The maximum Gasteiger partial charge on any atom is 0.130 e. The van der Waals surface area contributed by atoms with Gasteiger partial charge in [-0.2, -0.15) is 0 Å². The number of benzene rings is 2. The number of rotatable bonds is 3. The van der Waals surface area contributed by atoms with E-state index in [1.807, 2.05) is 7.05 Å². The van der Waals surface area contributed by atoms with Crippen LogP contribution in [0, 0.1) is 0 Å². The Bertz CT molecular complexity index is 577. The Labute approximate surface area is 114 Å². The zero-order valence-electron chi connectivity index (χ0n) is 11.3. The van der Waals surface area contributed by atoms with Crippen LogP contribution in [0.15, 0.2) is 42.5 Å². The van der Waals surface area contributed by atoms with Crippen LogP contribution in [-0.2, 0) is 13.0 Å². The minimum Gasteiger partial charge on any atom is -0.493 e. The molecule has 2 heteroatoms. The van der Waals surface area contributed by atoms with Crippen LogP contribution in [0.4, 0.5) is 0 Å². The molecule has 0 spiro atoms. The molecule has 1 aliphatic rings. The van der Waals surface area contributed by atoms with E-state index in [1.54, 1.807) is 0 Å². The summed E-state index contributed by atoms with van der Waals surface area (Å²) in [4.78, 5) is 0. The summed E-state index contributed by atoms with van der Waals surface area (Å²) in [7, 11) is 1.97. The lowest BCUT2D eigenvalue weighted by Gasteiger charge is -2.20. The molecule has 0 aromatic heterocycles. The van der Waals surface area contributed by atoms with Crippen LogP contribution in [-0.4, -0.2) is 13.7 Å². The van der Waals surface area contributed by atoms with Gasteiger partial charge in [-0.15, -0.1) is 0 Å². The van der Waals surface area contributed by atoms with Crippen LogP contribution in [0.1, 0.15) is 17.5 Å². The number of hydrogen-bond donors (Lipinski definition) is 1. The van der Waals surface area contributed by atoms with Gasteiger partial charge < -0.3 is 10.1 Å². The molecule has 19 heavy (non-hydrogen) atoms. The van der Waals surface area contributed by atoms with Crippen LogP contribution in [0.2, 0.25) is 0 Å². The van der Waals surface area contributed by atoms with Crippen molar-refractivity contribution in [3.8, 4) is 16.9 Å². The summed E-state index contributed by atoms with van der Waals surface area (Å²) >= 11 is 0. The van der Waals surface area contributed by atoms with E-state index >= 15 is 0 Å². The Morgan fingerprint density at radius 1 is 1.16 bits per heavy atom. The second kappa shape index (κ2) is 5.45. The first kappa shape index (κ1) is 12.2. The summed E-state index contributed by atoms with van der Waals surface area (Å²) in [5.41, 5.74) is 5.10. The molecule has 2 aromatic carbocycles. The SMILES string of the molecule is CNCc1cccc(-c2cccc3c2OCCC3)c1. The van der Waals surface area contributed by atoms with E-state index in [1.165, 1.54) is 22.3 Å². The van der Waals surface area contributed by atoms with Crippen LogP contribution in [0.3, 0.4) is 0 Å². The quantitative estimate of drug-likeness (QED) is 0.905. The van der Waals surface area contributed by atoms with Crippen LogP contribution in [0.5, 0.6) is 5.75 Å². The lowest BCUT2D eigenvalue weighted by Crippen LogP contribution is -2.09. The van der Waals surface area contributed by atoms with Crippen molar-refractivity contribution < 1.29 is 4.74 Å². The van der Waals surface area contributed by atoms with Gasteiger partial charge in [0, 0.05) is 12.1 Å². The molecular formula is C17H19NO. The second-order valence-corrected chi connectivity index (χ2v) is 4.98. The van der Waals surface area contributed by atoms with Crippen molar-refractivity contribution in [2.45, 2.75) is 19.4 Å². The van der Waals surface area contributed by atoms with Gasteiger partial charge in [0.1, 0.15) is 5.75 Å². The summed E-state index contributed by atoms with van der Waals surface area (Å²) in [6.07, 6.45) is 2.25. The Hall–Kier alpha value is -1.80. The molecule has 0 radical (unpaired) electrons. The largest absolute Gasteiger partial charge is 0.493 e. The first-order valence-corrected chi connectivity index (χ1v) is 6.87. The number of aryl methyl sites for hydroxylation is 1. The molecule has 0 saturated carbocycles. The molecule has 0 unspecified atom stereocenters. The van der Waals surface area contributed by atoms with E-state index in [-0.39, 0.29) is 0 Å². The highest BCUT2D eigenvalue weighted by atomic mass is 16.5. The summed E-state index contributed by atoms with van der Waals surface area (Å²) in [5, 5.41) is 3.19. The Morgan fingerprint density at radius 2 is 2.05 bits per heavy atom. The molecule has 3 rings (SSSR count). The van der Waals surface area contributed by atoms with Gasteiger partial charge in [-0.3, -0.25) is 0 Å². The third-order valence-electron chi connectivity index (χ3n) is 3.55. The van der Waals surface area contributed by atoms with Gasteiger partial charge in [0.2, 0.25) is 0 Å². The monoisotopic (exact) mass is 253 g/mol. The van der Waals surface area contributed by atoms with Gasteiger partial charge in [0.25, 0.3) is 0 Å². The summed E-state index contributed by atoms with van der Waals surface area (Å²) < 4.78 is 5.89. The lowest BCUT2D eigenvalue weighted by molar-refractivity contribution is 0.289. The van der Waals surface area contributed by atoms with E-state index in [0.717, 1.165) is 31.7 Å². The van der Waals surface area contributed by atoms with E-state index in [4.69, 9.17) is 4.74 Å². The summed E-state index contributed by atoms with van der Waals surface area (Å²) in [6.45, 7) is 1.73. The molecule has 0 atom stereocenters. The fraction of sp³-hybridized carbons (Fsp3) is 0.294. The van der Waals surface area contributed by atoms with Crippen LogP contribution < -0.4 is 10.1 Å². The normalized spacial score (nSPS) is 13.7. The minimum absolute atomic E-state index is 0.834. The molecule has 1 aliphatic heterocycles. The van der Waals surface area contributed by atoms with Crippen LogP contribution >= 0.6 is 0 Å². The average Bonchev–Trinajstić information content (AvgIpc) is 2.47. The van der Waals surface area contributed by atoms with Gasteiger partial charge in [0.15, 0.2) is 0 Å². The smallest absolute Gasteiger partial charge is 0.130 e. The van der Waals surface area contributed by atoms with Crippen molar-refractivity contribution in [3.05, 3.63) is 53.6 Å². The number of hydrogen-bond acceptors (Lipinski definition) is 2. The average molecular weight is 253 g/mol. The summed E-state index contributed by atoms with van der Waals surface area (Å²) in [5.74, 6) is 1.08. The van der Waals surface area contributed by atoms with Crippen molar-refractivity contribution in [1.29, 1.82) is 0 Å². The van der Waals surface area contributed by atoms with Gasteiger partial charge in [0.05, 0.1) is 6.61 Å². The Morgan fingerprint density at radius 3 is 2.95 bits per heavy atom. The zero-order valence-corrected chi connectivity index (χ0v) is 11.3. The maximum absolute atomic E-state index is 5.89. The molecule has 0 fully saturated rings. The highest BCUT2D eigenvalue weighted by Gasteiger charge is 2.15. The van der Waals surface area contributed by atoms with Gasteiger partial charge >= 0.3 is 0 Å². The third-order valence-corrected chi connectivity index (χ3v) is 3.55. The van der Waals surface area contributed by atoms with Crippen LogP contribution in [0.25, 0.3) is 11.1 Å². The predicted octanol–water partition coefficient (Wildman–Crippen LogP) is 3.40. The van der Waals surface area contributed by atoms with E-state index in [2.05, 4.69) is 47.8 Å². The molecule has 98 valence electrons. The molecule has 0 aliphatic carbocycles. The fourth-order valence-corrected chi connectivity index (χ4v) is 2.67. The topological polar surface area (TPSA) is 21.3 Å². The molecule has 2 aromatic rings. The molecule has 0 amide bonds. The molecule has 1 heterocycles. The maximum atomic E-state index is 5.89. The number of ether oxygens (including phenoxy) is 1. The minimum atomic E-state index is 0.834. The van der Waals surface area contributed by atoms with Crippen molar-refractivity contribution in [2.75, 3.05) is 13.7 Å². The second-order valence-electron chi connectivity index (χ2n) is 4.98. The third kappa shape index (κ3) is 2.49. The van der Waals surface area contributed by atoms with E-state index in [9.17, 15) is 0 Å². The fourth-order valence-electron chi connectivity index (χ4n) is 2.67. The number of para-hydroxylation sites is 1. The number of fused-ring (bicyclic) bond motifs is 1. The first-order chi connectivity index (χ1) is 9.38. The summed E-state index contributed by atoms with van der Waals surface area (Å²) in [6, 6.07) is 15.1. The highest BCUT2D eigenvalue weighted by Crippen LogP contribution is 2.36. The standard InChI is InChI=1S/C17H19NO/c1-18-12-13-5-2-7-15(11-13)16-9-3-6-14-8-4-10-19-17(14)16/h2-3,5-7,9,11,18H,4,8,10,12H2,1H3. The molecule has 1 N–H and O–H groups in total. The molecule has 0 saturated heterocycles. The van der Waals surface area contributed by atoms with E-state index < -0.39 is 0 Å².